The summed E-state index contributed by atoms with van der Waals surface area (Å²) in [6, 6.07) is 5.85. The predicted octanol–water partition coefficient (Wildman–Crippen LogP) is 2.76. The lowest BCUT2D eigenvalue weighted by atomic mass is 10.2. The first-order chi connectivity index (χ1) is 14.6. The zero-order valence-corrected chi connectivity index (χ0v) is 17.4. The van der Waals surface area contributed by atoms with Gasteiger partial charge in [-0.1, -0.05) is 19.4 Å². The molecule has 9 heteroatoms. The maximum absolute atomic E-state index is 11.6. The third-order valence-electron chi connectivity index (χ3n) is 4.96. The highest BCUT2D eigenvalue weighted by Crippen LogP contribution is 2.33. The molecular formula is C21H25N5O4. The van der Waals surface area contributed by atoms with E-state index in [0.717, 1.165) is 46.6 Å². The van der Waals surface area contributed by atoms with Crippen molar-refractivity contribution in [1.82, 2.24) is 19.7 Å². The largest absolute Gasteiger partial charge is 0.469 e. The Morgan fingerprint density at radius 3 is 2.87 bits per heavy atom. The smallest absolute Gasteiger partial charge is 0.305 e. The highest BCUT2D eigenvalue weighted by atomic mass is 16.7. The lowest BCUT2D eigenvalue weighted by Crippen LogP contribution is -2.09. The summed E-state index contributed by atoms with van der Waals surface area (Å²) in [5, 5.41) is 8.05. The van der Waals surface area contributed by atoms with Gasteiger partial charge in [-0.25, -0.2) is 9.97 Å². The Morgan fingerprint density at radius 2 is 2.07 bits per heavy atom. The van der Waals surface area contributed by atoms with E-state index < -0.39 is 0 Å². The minimum absolute atomic E-state index is 0.229. The molecular weight excluding hydrogens is 386 g/mol. The molecule has 2 aromatic heterocycles. The fourth-order valence-corrected chi connectivity index (χ4v) is 3.48. The highest BCUT2D eigenvalue weighted by Gasteiger charge is 2.18. The van der Waals surface area contributed by atoms with Gasteiger partial charge in [0.15, 0.2) is 17.3 Å². The van der Waals surface area contributed by atoms with Crippen LogP contribution in [0.4, 0.5) is 5.82 Å². The van der Waals surface area contributed by atoms with E-state index in [9.17, 15) is 4.79 Å². The van der Waals surface area contributed by atoms with E-state index in [0.29, 0.717) is 24.6 Å². The first kappa shape index (κ1) is 19.9. The number of methoxy groups -OCH3 is 1. The van der Waals surface area contributed by atoms with Crippen LogP contribution in [-0.2, 0) is 36.0 Å². The number of nitrogens with one attached hydrogen (secondary N) is 1. The SMILES string of the molecule is CCCc1nn(C)c2c(NCc3ccc4c(c3)OCO4)nc(CCC(=O)OC)nc12. The van der Waals surface area contributed by atoms with Crippen LogP contribution in [0.5, 0.6) is 11.5 Å². The Morgan fingerprint density at radius 1 is 1.23 bits per heavy atom. The van der Waals surface area contributed by atoms with Crippen LogP contribution in [0.3, 0.4) is 0 Å². The molecule has 0 saturated heterocycles. The van der Waals surface area contributed by atoms with Gasteiger partial charge in [-0.15, -0.1) is 0 Å². The molecule has 4 rings (SSSR count). The molecule has 1 aliphatic heterocycles. The van der Waals surface area contributed by atoms with Crippen LogP contribution in [0.15, 0.2) is 18.2 Å². The highest BCUT2D eigenvalue weighted by molar-refractivity contribution is 5.87. The van der Waals surface area contributed by atoms with Crippen LogP contribution in [0, 0.1) is 0 Å². The van der Waals surface area contributed by atoms with Crippen LogP contribution < -0.4 is 14.8 Å². The number of hydrogen-bond acceptors (Lipinski definition) is 8. The van der Waals surface area contributed by atoms with E-state index in [-0.39, 0.29) is 19.2 Å². The predicted molar refractivity (Wildman–Crippen MR) is 111 cm³/mol. The van der Waals surface area contributed by atoms with Gasteiger partial charge in [-0.3, -0.25) is 9.48 Å². The molecule has 0 spiro atoms. The zero-order chi connectivity index (χ0) is 21.1. The molecule has 0 atom stereocenters. The van der Waals surface area contributed by atoms with E-state index in [4.69, 9.17) is 19.2 Å². The Labute approximate surface area is 174 Å². The number of ether oxygens (including phenoxy) is 3. The number of anilines is 1. The van der Waals surface area contributed by atoms with Crippen molar-refractivity contribution in [1.29, 1.82) is 0 Å². The third-order valence-corrected chi connectivity index (χ3v) is 4.96. The number of nitrogens with zero attached hydrogens (tertiary/aromatic N) is 4. The monoisotopic (exact) mass is 411 g/mol. The van der Waals surface area contributed by atoms with Crippen molar-refractivity contribution in [2.45, 2.75) is 39.2 Å². The molecule has 1 N–H and O–H groups in total. The van der Waals surface area contributed by atoms with Crippen molar-refractivity contribution in [3.05, 3.63) is 35.3 Å². The van der Waals surface area contributed by atoms with Crippen molar-refractivity contribution < 1.29 is 19.0 Å². The van der Waals surface area contributed by atoms with Gasteiger partial charge in [0.1, 0.15) is 16.9 Å². The normalized spacial score (nSPS) is 12.4. The molecule has 158 valence electrons. The summed E-state index contributed by atoms with van der Waals surface area (Å²) in [5.74, 6) is 2.49. The number of esters is 1. The number of carbonyl (C=O) groups excluding carboxylic acids is 1. The molecule has 0 unspecified atom stereocenters. The van der Waals surface area contributed by atoms with Gasteiger partial charge >= 0.3 is 5.97 Å². The Balaban J connectivity index is 1.64. The second-order valence-electron chi connectivity index (χ2n) is 7.12. The summed E-state index contributed by atoms with van der Waals surface area (Å²) < 4.78 is 17.4. The van der Waals surface area contributed by atoms with E-state index in [2.05, 4.69) is 22.3 Å². The molecule has 0 aliphatic carbocycles. The topological polar surface area (TPSA) is 100 Å². The molecule has 1 aromatic carbocycles. The summed E-state index contributed by atoms with van der Waals surface area (Å²) in [6.07, 6.45) is 2.43. The molecule has 0 amide bonds. The van der Waals surface area contributed by atoms with Gasteiger partial charge in [0.05, 0.1) is 19.2 Å². The van der Waals surface area contributed by atoms with E-state index in [1.165, 1.54) is 7.11 Å². The maximum Gasteiger partial charge on any atom is 0.305 e. The molecule has 0 radical (unpaired) electrons. The van der Waals surface area contributed by atoms with Crippen molar-refractivity contribution in [2.75, 3.05) is 19.2 Å². The van der Waals surface area contributed by atoms with Crippen molar-refractivity contribution in [2.24, 2.45) is 7.05 Å². The minimum atomic E-state index is -0.284. The van der Waals surface area contributed by atoms with Crippen LogP contribution >= 0.6 is 0 Å². The molecule has 3 heterocycles. The Hall–Kier alpha value is -3.36. The molecule has 0 bridgehead atoms. The first-order valence-electron chi connectivity index (χ1n) is 10.0. The first-order valence-corrected chi connectivity index (χ1v) is 10.0. The van der Waals surface area contributed by atoms with Gasteiger partial charge in [0, 0.05) is 20.0 Å². The molecule has 0 fully saturated rings. The lowest BCUT2D eigenvalue weighted by Gasteiger charge is -2.10. The third kappa shape index (κ3) is 4.00. The molecule has 9 nitrogen and oxygen atoms in total. The second kappa shape index (κ2) is 8.56. The van der Waals surface area contributed by atoms with Crippen LogP contribution in [0.25, 0.3) is 11.0 Å². The summed E-state index contributed by atoms with van der Waals surface area (Å²) in [5.41, 5.74) is 3.64. The minimum Gasteiger partial charge on any atom is -0.469 e. The molecule has 30 heavy (non-hydrogen) atoms. The summed E-state index contributed by atoms with van der Waals surface area (Å²) in [7, 11) is 3.27. The van der Waals surface area contributed by atoms with Crippen LogP contribution in [0.1, 0.15) is 36.8 Å². The van der Waals surface area contributed by atoms with Crippen LogP contribution in [0.2, 0.25) is 0 Å². The number of carbonyl (C=O) groups is 1. The zero-order valence-electron chi connectivity index (χ0n) is 17.4. The quantitative estimate of drug-likeness (QED) is 0.565. The second-order valence-corrected chi connectivity index (χ2v) is 7.12. The number of hydrogen-bond donors (Lipinski definition) is 1. The summed E-state index contributed by atoms with van der Waals surface area (Å²) >= 11 is 0. The van der Waals surface area contributed by atoms with Crippen LogP contribution in [-0.4, -0.2) is 39.6 Å². The number of rotatable bonds is 8. The Kier molecular flexibility index (Phi) is 5.69. The Bertz CT molecular complexity index is 1080. The lowest BCUT2D eigenvalue weighted by molar-refractivity contribution is -0.140. The average Bonchev–Trinajstić information content (AvgIpc) is 3.34. The number of benzene rings is 1. The van der Waals surface area contributed by atoms with Crippen molar-refractivity contribution in [3.8, 4) is 11.5 Å². The van der Waals surface area contributed by atoms with Crippen molar-refractivity contribution >= 4 is 22.8 Å². The maximum atomic E-state index is 11.6. The average molecular weight is 411 g/mol. The van der Waals surface area contributed by atoms with Gasteiger partial charge in [-0.05, 0) is 24.1 Å². The summed E-state index contributed by atoms with van der Waals surface area (Å²) in [6.45, 7) is 2.91. The summed E-state index contributed by atoms with van der Waals surface area (Å²) in [4.78, 5) is 21.0. The number of aryl methyl sites for hydroxylation is 3. The van der Waals surface area contributed by atoms with E-state index in [1.54, 1.807) is 0 Å². The fourth-order valence-electron chi connectivity index (χ4n) is 3.48. The molecule has 1 aliphatic rings. The van der Waals surface area contributed by atoms with E-state index >= 15 is 0 Å². The van der Waals surface area contributed by atoms with E-state index in [1.807, 2.05) is 29.9 Å². The van der Waals surface area contributed by atoms with Gasteiger partial charge in [-0.2, -0.15) is 5.10 Å². The number of fused-ring (bicyclic) bond motifs is 2. The molecule has 3 aromatic rings. The number of aromatic nitrogens is 4. The van der Waals surface area contributed by atoms with Gasteiger partial charge in [0.25, 0.3) is 0 Å². The van der Waals surface area contributed by atoms with Gasteiger partial charge in [0.2, 0.25) is 6.79 Å². The standard InChI is InChI=1S/C21H25N5O4/c1-4-5-14-19-20(26(2)25-14)21(24-17(23-19)8-9-18(27)28-3)22-11-13-6-7-15-16(10-13)30-12-29-15/h6-7,10H,4-5,8-9,11-12H2,1-3H3,(H,22,23,24). The van der Waals surface area contributed by atoms with Gasteiger partial charge < -0.3 is 19.5 Å². The molecule has 0 saturated carbocycles. The van der Waals surface area contributed by atoms with Crippen molar-refractivity contribution in [3.63, 3.8) is 0 Å². The fraction of sp³-hybridized carbons (Fsp3) is 0.429.